The van der Waals surface area contributed by atoms with Crippen LogP contribution in [-0.4, -0.2) is 26.1 Å². The molecule has 0 heterocycles. The van der Waals surface area contributed by atoms with Gasteiger partial charge in [-0.25, -0.2) is 0 Å². The van der Waals surface area contributed by atoms with E-state index >= 15 is 0 Å². The van der Waals surface area contributed by atoms with Gasteiger partial charge in [0, 0.05) is 15.8 Å². The first kappa shape index (κ1) is 16.6. The van der Waals surface area contributed by atoms with Gasteiger partial charge in [-0.15, -0.1) is 0 Å². The molecule has 0 aliphatic heterocycles. The molecule has 0 aliphatic carbocycles. The zero-order chi connectivity index (χ0) is 15.8. The van der Waals surface area contributed by atoms with Crippen molar-refractivity contribution >= 4 is 34.2 Å². The average molecular weight is 410 g/mol. The van der Waals surface area contributed by atoms with E-state index in [0.29, 0.717) is 6.54 Å². The minimum Gasteiger partial charge on any atom is -0.496 e. The van der Waals surface area contributed by atoms with Crippen LogP contribution in [0.2, 0.25) is 0 Å². The van der Waals surface area contributed by atoms with Gasteiger partial charge in [0.05, 0.1) is 13.7 Å². The molecule has 0 aromatic heterocycles. The zero-order valence-corrected chi connectivity index (χ0v) is 14.6. The number of amides is 1. The van der Waals surface area contributed by atoms with Crippen LogP contribution in [0.1, 0.15) is 5.56 Å². The van der Waals surface area contributed by atoms with Crippen LogP contribution in [0, 0.1) is 3.57 Å². The number of benzene rings is 2. The van der Waals surface area contributed by atoms with E-state index in [4.69, 9.17) is 4.74 Å². The molecule has 0 saturated heterocycles. The number of halogens is 1. The fraction of sp³-hybridized carbons (Fsp3) is 0.235. The Balaban J connectivity index is 1.72. The quantitative estimate of drug-likeness (QED) is 0.690. The second kappa shape index (κ2) is 8.63. The SMILES string of the molecule is COc1ccccc1CCNC(=O)CNc1ccc(I)cc1. The summed E-state index contributed by atoms with van der Waals surface area (Å²) in [7, 11) is 1.66. The average Bonchev–Trinajstić information content (AvgIpc) is 2.55. The lowest BCUT2D eigenvalue weighted by Gasteiger charge is -2.10. The first-order valence-electron chi connectivity index (χ1n) is 7.07. The Labute approximate surface area is 144 Å². The Hall–Kier alpha value is -1.76. The highest BCUT2D eigenvalue weighted by Crippen LogP contribution is 2.17. The third-order valence-electron chi connectivity index (χ3n) is 3.21. The minimum atomic E-state index is -0.0200. The van der Waals surface area contributed by atoms with Crippen LogP contribution >= 0.6 is 22.6 Å². The highest BCUT2D eigenvalue weighted by atomic mass is 127. The molecule has 2 aromatic rings. The summed E-state index contributed by atoms with van der Waals surface area (Å²) in [5.41, 5.74) is 2.04. The Bertz CT molecular complexity index is 614. The van der Waals surface area contributed by atoms with Gasteiger partial charge in [-0.2, -0.15) is 0 Å². The predicted molar refractivity (Wildman–Crippen MR) is 97.4 cm³/mol. The van der Waals surface area contributed by atoms with E-state index in [1.54, 1.807) is 7.11 Å². The van der Waals surface area contributed by atoms with Crippen molar-refractivity contribution < 1.29 is 9.53 Å². The largest absolute Gasteiger partial charge is 0.496 e. The number of methoxy groups -OCH3 is 1. The van der Waals surface area contributed by atoms with Gasteiger partial charge in [0.25, 0.3) is 0 Å². The summed E-state index contributed by atoms with van der Waals surface area (Å²) in [6, 6.07) is 15.8. The molecule has 0 radical (unpaired) electrons. The van der Waals surface area contributed by atoms with E-state index in [0.717, 1.165) is 23.4 Å². The van der Waals surface area contributed by atoms with Crippen LogP contribution in [0.5, 0.6) is 5.75 Å². The van der Waals surface area contributed by atoms with E-state index in [1.807, 2.05) is 48.5 Å². The molecule has 5 heteroatoms. The van der Waals surface area contributed by atoms with Crippen molar-refractivity contribution in [2.24, 2.45) is 0 Å². The smallest absolute Gasteiger partial charge is 0.239 e. The summed E-state index contributed by atoms with van der Waals surface area (Å²) >= 11 is 2.25. The highest BCUT2D eigenvalue weighted by Gasteiger charge is 2.04. The molecule has 0 atom stereocenters. The maximum atomic E-state index is 11.8. The summed E-state index contributed by atoms with van der Waals surface area (Å²) in [6.45, 7) is 0.861. The molecule has 22 heavy (non-hydrogen) atoms. The van der Waals surface area contributed by atoms with Crippen LogP contribution in [-0.2, 0) is 11.2 Å². The van der Waals surface area contributed by atoms with Crippen LogP contribution in [0.25, 0.3) is 0 Å². The van der Waals surface area contributed by atoms with Gasteiger partial charge >= 0.3 is 0 Å². The number of nitrogens with one attached hydrogen (secondary N) is 2. The van der Waals surface area contributed by atoms with Crippen molar-refractivity contribution in [3.63, 3.8) is 0 Å². The number of carbonyl (C=O) groups excluding carboxylic acids is 1. The molecule has 0 bridgehead atoms. The Morgan fingerprint density at radius 1 is 1.14 bits per heavy atom. The summed E-state index contributed by atoms with van der Waals surface area (Å²) in [5, 5.41) is 6.01. The molecular formula is C17H19IN2O2. The number of anilines is 1. The normalized spacial score (nSPS) is 10.1. The Morgan fingerprint density at radius 2 is 1.86 bits per heavy atom. The number of hydrogen-bond acceptors (Lipinski definition) is 3. The number of ether oxygens (including phenoxy) is 1. The lowest BCUT2D eigenvalue weighted by atomic mass is 10.1. The number of rotatable bonds is 7. The lowest BCUT2D eigenvalue weighted by Crippen LogP contribution is -2.31. The van der Waals surface area contributed by atoms with E-state index < -0.39 is 0 Å². The van der Waals surface area contributed by atoms with Gasteiger partial charge < -0.3 is 15.4 Å². The van der Waals surface area contributed by atoms with E-state index in [-0.39, 0.29) is 12.5 Å². The second-order valence-corrected chi connectivity index (χ2v) is 6.02. The van der Waals surface area contributed by atoms with Crippen LogP contribution in [0.4, 0.5) is 5.69 Å². The standard InChI is InChI=1S/C17H19IN2O2/c1-22-16-5-3-2-4-13(16)10-11-19-17(21)12-20-15-8-6-14(18)7-9-15/h2-9,20H,10-12H2,1H3,(H,19,21). The summed E-state index contributed by atoms with van der Waals surface area (Å²) in [5.74, 6) is 0.835. The molecule has 1 amide bonds. The predicted octanol–water partition coefficient (Wildman–Crippen LogP) is 3.07. The molecule has 0 spiro atoms. The Kier molecular flexibility index (Phi) is 6.51. The van der Waals surface area contributed by atoms with Crippen LogP contribution in [0.3, 0.4) is 0 Å². The maximum absolute atomic E-state index is 11.8. The highest BCUT2D eigenvalue weighted by molar-refractivity contribution is 14.1. The molecule has 2 N–H and O–H groups in total. The van der Waals surface area contributed by atoms with Crippen LogP contribution < -0.4 is 15.4 Å². The van der Waals surface area contributed by atoms with Crippen molar-refractivity contribution in [3.05, 3.63) is 57.7 Å². The molecule has 4 nitrogen and oxygen atoms in total. The second-order valence-electron chi connectivity index (χ2n) is 4.77. The molecule has 0 saturated carbocycles. The van der Waals surface area contributed by atoms with Gasteiger partial charge in [0.1, 0.15) is 5.75 Å². The molecule has 0 fully saturated rings. The van der Waals surface area contributed by atoms with Gasteiger partial charge in [-0.1, -0.05) is 18.2 Å². The van der Waals surface area contributed by atoms with Crippen molar-refractivity contribution in [1.82, 2.24) is 5.32 Å². The zero-order valence-electron chi connectivity index (χ0n) is 12.4. The van der Waals surface area contributed by atoms with Gasteiger partial charge in [-0.3, -0.25) is 4.79 Å². The molecule has 0 aliphatic rings. The van der Waals surface area contributed by atoms with Gasteiger partial charge in [0.15, 0.2) is 0 Å². The Morgan fingerprint density at radius 3 is 2.59 bits per heavy atom. The van der Waals surface area contributed by atoms with E-state index in [9.17, 15) is 4.79 Å². The first-order valence-corrected chi connectivity index (χ1v) is 8.15. The van der Waals surface area contributed by atoms with Crippen LogP contribution in [0.15, 0.2) is 48.5 Å². The maximum Gasteiger partial charge on any atom is 0.239 e. The van der Waals surface area contributed by atoms with Gasteiger partial charge in [0.2, 0.25) is 5.91 Å². The minimum absolute atomic E-state index is 0.0200. The third-order valence-corrected chi connectivity index (χ3v) is 3.93. The van der Waals surface area contributed by atoms with Crippen molar-refractivity contribution in [2.45, 2.75) is 6.42 Å². The molecular weight excluding hydrogens is 391 g/mol. The van der Waals surface area contributed by atoms with Crippen molar-refractivity contribution in [3.8, 4) is 5.75 Å². The fourth-order valence-electron chi connectivity index (χ4n) is 2.06. The summed E-state index contributed by atoms with van der Waals surface area (Å²) in [4.78, 5) is 11.8. The number of carbonyl (C=O) groups is 1. The molecule has 0 unspecified atom stereocenters. The van der Waals surface area contributed by atoms with Crippen molar-refractivity contribution in [1.29, 1.82) is 0 Å². The molecule has 2 aromatic carbocycles. The third kappa shape index (κ3) is 5.22. The summed E-state index contributed by atoms with van der Waals surface area (Å²) in [6.07, 6.45) is 0.749. The van der Waals surface area contributed by atoms with Gasteiger partial charge in [-0.05, 0) is 64.9 Å². The number of para-hydroxylation sites is 1. The van der Waals surface area contributed by atoms with Crippen molar-refractivity contribution in [2.75, 3.05) is 25.5 Å². The summed E-state index contributed by atoms with van der Waals surface area (Å²) < 4.78 is 6.46. The number of hydrogen-bond donors (Lipinski definition) is 2. The first-order chi connectivity index (χ1) is 10.7. The lowest BCUT2D eigenvalue weighted by molar-refractivity contribution is -0.119. The topological polar surface area (TPSA) is 50.4 Å². The molecule has 2 rings (SSSR count). The molecule has 116 valence electrons. The van der Waals surface area contributed by atoms with E-state index in [2.05, 4.69) is 33.2 Å². The monoisotopic (exact) mass is 410 g/mol. The van der Waals surface area contributed by atoms with E-state index in [1.165, 1.54) is 3.57 Å². The fourth-order valence-corrected chi connectivity index (χ4v) is 2.42.